The molecule has 0 aromatic rings. The molecule has 76 valence electrons. The highest BCUT2D eigenvalue weighted by Crippen LogP contribution is 2.28. The van der Waals surface area contributed by atoms with Crippen molar-refractivity contribution >= 4 is 18.0 Å². The molecule has 0 saturated carbocycles. The van der Waals surface area contributed by atoms with E-state index in [2.05, 4.69) is 10.6 Å². The Balaban J connectivity index is 2.85. The Kier molecular flexibility index (Phi) is 4.32. The highest BCUT2D eigenvalue weighted by molar-refractivity contribution is 8.04. The molecule has 2 N–H and O–H groups in total. The van der Waals surface area contributed by atoms with E-state index in [0.717, 1.165) is 28.2 Å². The lowest BCUT2D eigenvalue weighted by Crippen LogP contribution is -2.07. The molecule has 0 amide bonds. The van der Waals surface area contributed by atoms with Gasteiger partial charge in [-0.3, -0.25) is 4.79 Å². The molecule has 14 heavy (non-hydrogen) atoms. The summed E-state index contributed by atoms with van der Waals surface area (Å²) >= 11 is 1.57. The standard InChI is InChI=1S/C10H14N2OS/c1-11-4-3-10(12-2)8-5-9(6-13)14-7-8/h3-6,11-12H,7H2,1-2H3/b4-3-,10-8+. The number of allylic oxidation sites excluding steroid dienone is 3. The van der Waals surface area contributed by atoms with Gasteiger partial charge in [-0.15, -0.1) is 11.8 Å². The third kappa shape index (κ3) is 2.67. The Morgan fingerprint density at radius 2 is 2.36 bits per heavy atom. The summed E-state index contributed by atoms with van der Waals surface area (Å²) in [5, 5.41) is 6.03. The minimum atomic E-state index is 0.797. The Bertz CT molecular complexity index is 305. The van der Waals surface area contributed by atoms with Gasteiger partial charge < -0.3 is 10.6 Å². The Hall–Kier alpha value is -1.16. The van der Waals surface area contributed by atoms with Crippen LogP contribution in [0.1, 0.15) is 0 Å². The van der Waals surface area contributed by atoms with Crippen molar-refractivity contribution in [2.24, 2.45) is 0 Å². The summed E-state index contributed by atoms with van der Waals surface area (Å²) in [5.74, 6) is 0.859. The predicted octanol–water partition coefficient (Wildman–Crippen LogP) is 1.02. The number of hydrogen-bond donors (Lipinski definition) is 2. The molecule has 1 aliphatic heterocycles. The molecule has 0 saturated heterocycles. The summed E-state index contributed by atoms with van der Waals surface area (Å²) in [4.78, 5) is 11.3. The topological polar surface area (TPSA) is 41.1 Å². The van der Waals surface area contributed by atoms with E-state index in [0.29, 0.717) is 0 Å². The van der Waals surface area contributed by atoms with E-state index in [-0.39, 0.29) is 0 Å². The van der Waals surface area contributed by atoms with Crippen LogP contribution in [0.5, 0.6) is 0 Å². The predicted molar refractivity (Wildman–Crippen MR) is 60.9 cm³/mol. The number of likely N-dealkylation sites (N-methyl/N-ethyl adjacent to an activating group) is 1. The first-order valence-electron chi connectivity index (χ1n) is 4.36. The number of aldehydes is 1. The van der Waals surface area contributed by atoms with Crippen LogP contribution in [0.25, 0.3) is 0 Å². The summed E-state index contributed by atoms with van der Waals surface area (Å²) in [6, 6.07) is 0. The molecular formula is C10H14N2OS. The van der Waals surface area contributed by atoms with Gasteiger partial charge in [-0.25, -0.2) is 0 Å². The van der Waals surface area contributed by atoms with Crippen LogP contribution < -0.4 is 10.6 Å². The molecule has 1 heterocycles. The fourth-order valence-corrected chi connectivity index (χ4v) is 2.01. The third-order valence-corrected chi connectivity index (χ3v) is 2.86. The number of nitrogens with one attached hydrogen (secondary N) is 2. The second-order valence-electron chi connectivity index (χ2n) is 2.76. The molecule has 4 heteroatoms. The van der Waals surface area contributed by atoms with E-state index < -0.39 is 0 Å². The van der Waals surface area contributed by atoms with Gasteiger partial charge in [0.25, 0.3) is 0 Å². The molecule has 1 aliphatic rings. The lowest BCUT2D eigenvalue weighted by Gasteiger charge is -2.03. The number of carbonyl (C=O) groups excluding carboxylic acids is 1. The summed E-state index contributed by atoms with van der Waals surface area (Å²) in [5.41, 5.74) is 2.20. The zero-order valence-corrected chi connectivity index (χ0v) is 9.15. The maximum absolute atomic E-state index is 10.5. The van der Waals surface area contributed by atoms with Gasteiger partial charge in [0.05, 0.1) is 0 Å². The van der Waals surface area contributed by atoms with Crippen molar-refractivity contribution in [2.75, 3.05) is 19.8 Å². The molecule has 0 radical (unpaired) electrons. The van der Waals surface area contributed by atoms with Gasteiger partial charge in [0.2, 0.25) is 0 Å². The van der Waals surface area contributed by atoms with Gasteiger partial charge in [-0.1, -0.05) is 0 Å². The Labute approximate surface area is 88.3 Å². The van der Waals surface area contributed by atoms with E-state index in [9.17, 15) is 4.79 Å². The van der Waals surface area contributed by atoms with Crippen molar-refractivity contribution in [2.45, 2.75) is 0 Å². The highest BCUT2D eigenvalue weighted by atomic mass is 32.2. The van der Waals surface area contributed by atoms with E-state index in [1.165, 1.54) is 0 Å². The van der Waals surface area contributed by atoms with Crippen LogP contribution in [0, 0.1) is 0 Å². The van der Waals surface area contributed by atoms with E-state index >= 15 is 0 Å². The smallest absolute Gasteiger partial charge is 0.156 e. The van der Waals surface area contributed by atoms with Crippen molar-refractivity contribution in [3.05, 3.63) is 34.5 Å². The molecule has 0 aromatic carbocycles. The molecule has 0 aromatic heterocycles. The maximum atomic E-state index is 10.5. The SMILES string of the molecule is CN/C=C\C(NC)=C1\C=C(C=O)SC1. The largest absolute Gasteiger partial charge is 0.394 e. The zero-order chi connectivity index (χ0) is 10.4. The first-order chi connectivity index (χ1) is 6.81. The number of hydrogen-bond acceptors (Lipinski definition) is 4. The molecule has 0 spiro atoms. The normalized spacial score (nSPS) is 19.4. The fraction of sp³-hybridized carbons (Fsp3) is 0.300. The lowest BCUT2D eigenvalue weighted by atomic mass is 10.2. The minimum Gasteiger partial charge on any atom is -0.394 e. The lowest BCUT2D eigenvalue weighted by molar-refractivity contribution is -0.104. The second-order valence-corrected chi connectivity index (χ2v) is 3.81. The van der Waals surface area contributed by atoms with E-state index in [1.54, 1.807) is 11.8 Å². The van der Waals surface area contributed by atoms with Gasteiger partial charge >= 0.3 is 0 Å². The second kappa shape index (κ2) is 5.54. The van der Waals surface area contributed by atoms with Crippen LogP contribution >= 0.6 is 11.8 Å². The summed E-state index contributed by atoms with van der Waals surface area (Å²) in [7, 11) is 3.73. The van der Waals surface area contributed by atoms with Gasteiger partial charge in [0.1, 0.15) is 0 Å². The molecule has 0 unspecified atom stereocenters. The molecule has 0 bridgehead atoms. The summed E-state index contributed by atoms with van der Waals surface area (Å²) in [6.45, 7) is 0. The minimum absolute atomic E-state index is 0.797. The molecular weight excluding hydrogens is 196 g/mol. The average molecular weight is 210 g/mol. The molecule has 0 atom stereocenters. The monoisotopic (exact) mass is 210 g/mol. The average Bonchev–Trinajstić information content (AvgIpc) is 2.68. The molecule has 0 aliphatic carbocycles. The number of rotatable bonds is 4. The molecule has 1 rings (SSSR count). The van der Waals surface area contributed by atoms with Crippen molar-refractivity contribution < 1.29 is 4.79 Å². The van der Waals surface area contributed by atoms with Crippen molar-refractivity contribution in [1.29, 1.82) is 0 Å². The van der Waals surface area contributed by atoms with Gasteiger partial charge in [0.15, 0.2) is 6.29 Å². The van der Waals surface area contributed by atoms with Crippen molar-refractivity contribution in [1.82, 2.24) is 10.6 Å². The van der Waals surface area contributed by atoms with Crippen molar-refractivity contribution in [3.63, 3.8) is 0 Å². The highest BCUT2D eigenvalue weighted by Gasteiger charge is 2.11. The van der Waals surface area contributed by atoms with Crippen LogP contribution in [0.3, 0.4) is 0 Å². The molecule has 3 nitrogen and oxygen atoms in total. The maximum Gasteiger partial charge on any atom is 0.156 e. The van der Waals surface area contributed by atoms with Crippen LogP contribution in [0.15, 0.2) is 34.5 Å². The number of thioether (sulfide) groups is 1. The third-order valence-electron chi connectivity index (χ3n) is 1.86. The summed E-state index contributed by atoms with van der Waals surface area (Å²) in [6.07, 6.45) is 6.63. The van der Waals surface area contributed by atoms with Crippen LogP contribution in [0.2, 0.25) is 0 Å². The van der Waals surface area contributed by atoms with Crippen LogP contribution in [-0.4, -0.2) is 26.1 Å². The summed E-state index contributed by atoms with van der Waals surface area (Å²) < 4.78 is 0. The molecule has 0 fully saturated rings. The van der Waals surface area contributed by atoms with Gasteiger partial charge in [0, 0.05) is 30.5 Å². The fourth-order valence-electron chi connectivity index (χ4n) is 1.16. The van der Waals surface area contributed by atoms with Gasteiger partial charge in [-0.2, -0.15) is 0 Å². The first kappa shape index (κ1) is 10.9. The number of carbonyl (C=O) groups is 1. The van der Waals surface area contributed by atoms with E-state index in [4.69, 9.17) is 0 Å². The van der Waals surface area contributed by atoms with E-state index in [1.807, 2.05) is 32.4 Å². The van der Waals surface area contributed by atoms with Crippen LogP contribution in [-0.2, 0) is 4.79 Å². The first-order valence-corrected chi connectivity index (χ1v) is 5.34. The van der Waals surface area contributed by atoms with Gasteiger partial charge in [-0.05, 0) is 23.9 Å². The Morgan fingerprint density at radius 1 is 1.57 bits per heavy atom. The Morgan fingerprint density at radius 3 is 2.86 bits per heavy atom. The van der Waals surface area contributed by atoms with Crippen molar-refractivity contribution in [3.8, 4) is 0 Å². The zero-order valence-electron chi connectivity index (χ0n) is 8.33. The quantitative estimate of drug-likeness (QED) is 0.680. The van der Waals surface area contributed by atoms with Crippen LogP contribution in [0.4, 0.5) is 0 Å².